The van der Waals surface area contributed by atoms with Gasteiger partial charge in [0.2, 0.25) is 5.88 Å². The van der Waals surface area contributed by atoms with E-state index in [-0.39, 0.29) is 0 Å². The van der Waals surface area contributed by atoms with Crippen molar-refractivity contribution in [3.05, 3.63) is 54.0 Å². The molecule has 4 heteroatoms. The molecule has 0 saturated heterocycles. The summed E-state index contributed by atoms with van der Waals surface area (Å²) in [5, 5.41) is 0. The lowest BCUT2D eigenvalue weighted by Gasteiger charge is -2.04. The Bertz CT molecular complexity index is 431. The number of rotatable bonds is 4. The molecule has 1 aromatic carbocycles. The first-order chi connectivity index (χ1) is 7.88. The van der Waals surface area contributed by atoms with Gasteiger partial charge in [-0.05, 0) is 5.56 Å². The minimum atomic E-state index is 0.367. The van der Waals surface area contributed by atoms with Crippen LogP contribution in [0.2, 0.25) is 0 Å². The predicted molar refractivity (Wildman–Crippen MR) is 62.4 cm³/mol. The second kappa shape index (κ2) is 5.47. The monoisotopic (exact) mass is 234 g/mol. The lowest BCUT2D eigenvalue weighted by molar-refractivity contribution is 0.292. The van der Waals surface area contributed by atoms with E-state index in [0.717, 1.165) is 11.3 Å². The van der Waals surface area contributed by atoms with Gasteiger partial charge in [-0.3, -0.25) is 4.98 Å². The Balaban J connectivity index is 1.94. The van der Waals surface area contributed by atoms with Crippen LogP contribution in [0.5, 0.6) is 5.88 Å². The average molecular weight is 235 g/mol. The quantitative estimate of drug-likeness (QED) is 0.763. The highest BCUT2D eigenvalue weighted by atomic mass is 35.5. The van der Waals surface area contributed by atoms with E-state index in [0.29, 0.717) is 18.4 Å². The molecule has 0 N–H and O–H groups in total. The van der Waals surface area contributed by atoms with Crippen molar-refractivity contribution in [3.63, 3.8) is 0 Å². The summed E-state index contributed by atoms with van der Waals surface area (Å²) in [7, 11) is 0. The number of benzene rings is 1. The second-order valence-electron chi connectivity index (χ2n) is 3.25. The van der Waals surface area contributed by atoms with Crippen molar-refractivity contribution >= 4 is 11.6 Å². The van der Waals surface area contributed by atoms with Gasteiger partial charge in [0.1, 0.15) is 6.61 Å². The molecule has 3 nitrogen and oxygen atoms in total. The zero-order chi connectivity index (χ0) is 11.2. The molecule has 0 aliphatic rings. The first-order valence-corrected chi connectivity index (χ1v) is 5.45. The summed E-state index contributed by atoms with van der Waals surface area (Å²) in [6.45, 7) is 0.496. The van der Waals surface area contributed by atoms with E-state index >= 15 is 0 Å². The van der Waals surface area contributed by atoms with Crippen LogP contribution in [0.25, 0.3) is 0 Å². The van der Waals surface area contributed by atoms with Gasteiger partial charge in [-0.2, -0.15) is 0 Å². The van der Waals surface area contributed by atoms with Crippen molar-refractivity contribution in [2.75, 3.05) is 0 Å². The van der Waals surface area contributed by atoms with Crippen molar-refractivity contribution in [1.29, 1.82) is 0 Å². The number of alkyl halides is 1. The van der Waals surface area contributed by atoms with Gasteiger partial charge in [0.05, 0.1) is 24.0 Å². The molecular formula is C12H11ClN2O. The normalized spacial score (nSPS) is 10.1. The largest absolute Gasteiger partial charge is 0.472 e. The Labute approximate surface area is 99.1 Å². The third-order valence-corrected chi connectivity index (χ3v) is 2.32. The fraction of sp³-hybridized carbons (Fsp3) is 0.167. The number of aromatic nitrogens is 2. The zero-order valence-corrected chi connectivity index (χ0v) is 9.39. The van der Waals surface area contributed by atoms with Crippen LogP contribution < -0.4 is 4.74 Å². The van der Waals surface area contributed by atoms with Gasteiger partial charge < -0.3 is 4.74 Å². The number of nitrogens with zero attached hydrogens (tertiary/aromatic N) is 2. The minimum Gasteiger partial charge on any atom is -0.472 e. The van der Waals surface area contributed by atoms with E-state index in [1.54, 1.807) is 12.4 Å². The standard InChI is InChI=1S/C12H11ClN2O/c13-6-11-7-15-12(8-14-11)16-9-10-4-2-1-3-5-10/h1-5,7-8H,6,9H2. The summed E-state index contributed by atoms with van der Waals surface area (Å²) in [4.78, 5) is 8.19. The molecule has 2 rings (SSSR count). The van der Waals surface area contributed by atoms with E-state index in [9.17, 15) is 0 Å². The Morgan fingerprint density at radius 3 is 2.50 bits per heavy atom. The van der Waals surface area contributed by atoms with Crippen molar-refractivity contribution in [2.45, 2.75) is 12.5 Å². The van der Waals surface area contributed by atoms with E-state index in [1.807, 2.05) is 30.3 Å². The molecule has 1 aromatic heterocycles. The van der Waals surface area contributed by atoms with Gasteiger partial charge in [-0.15, -0.1) is 11.6 Å². The summed E-state index contributed by atoms with van der Waals surface area (Å²) in [6, 6.07) is 9.92. The maximum Gasteiger partial charge on any atom is 0.232 e. The highest BCUT2D eigenvalue weighted by Gasteiger charge is 1.98. The molecule has 0 saturated carbocycles. The molecule has 0 amide bonds. The van der Waals surface area contributed by atoms with Gasteiger partial charge >= 0.3 is 0 Å². The molecule has 0 unspecified atom stereocenters. The van der Waals surface area contributed by atoms with Gasteiger partial charge in [-0.1, -0.05) is 30.3 Å². The summed E-state index contributed by atoms with van der Waals surface area (Å²) in [5.74, 6) is 0.879. The van der Waals surface area contributed by atoms with Crippen molar-refractivity contribution in [1.82, 2.24) is 9.97 Å². The van der Waals surface area contributed by atoms with E-state index < -0.39 is 0 Å². The predicted octanol–water partition coefficient (Wildman–Crippen LogP) is 2.79. The topological polar surface area (TPSA) is 35.0 Å². The third-order valence-electron chi connectivity index (χ3n) is 2.05. The van der Waals surface area contributed by atoms with Crippen molar-refractivity contribution in [3.8, 4) is 5.88 Å². The van der Waals surface area contributed by atoms with Crippen LogP contribution in [0.1, 0.15) is 11.3 Å². The van der Waals surface area contributed by atoms with Crippen LogP contribution in [0.3, 0.4) is 0 Å². The molecular weight excluding hydrogens is 224 g/mol. The molecule has 0 aliphatic heterocycles. The van der Waals surface area contributed by atoms with Crippen LogP contribution in [0, 0.1) is 0 Å². The van der Waals surface area contributed by atoms with Crippen LogP contribution in [0.4, 0.5) is 0 Å². The van der Waals surface area contributed by atoms with Gasteiger partial charge in [0, 0.05) is 0 Å². The highest BCUT2D eigenvalue weighted by molar-refractivity contribution is 6.16. The Morgan fingerprint density at radius 1 is 1.06 bits per heavy atom. The summed E-state index contributed by atoms with van der Waals surface area (Å²) >= 11 is 5.61. The lowest BCUT2D eigenvalue weighted by Crippen LogP contribution is -1.98. The zero-order valence-electron chi connectivity index (χ0n) is 8.64. The number of halogens is 1. The Kier molecular flexibility index (Phi) is 3.72. The molecule has 16 heavy (non-hydrogen) atoms. The molecule has 0 atom stereocenters. The first kappa shape index (κ1) is 10.9. The van der Waals surface area contributed by atoms with Crippen molar-refractivity contribution < 1.29 is 4.74 Å². The Morgan fingerprint density at radius 2 is 1.88 bits per heavy atom. The maximum absolute atomic E-state index is 5.61. The van der Waals surface area contributed by atoms with Crippen LogP contribution in [-0.2, 0) is 12.5 Å². The summed E-state index contributed by atoms with van der Waals surface area (Å²) < 4.78 is 5.47. The van der Waals surface area contributed by atoms with Gasteiger partial charge in [0.25, 0.3) is 0 Å². The molecule has 0 bridgehead atoms. The van der Waals surface area contributed by atoms with Gasteiger partial charge in [-0.25, -0.2) is 4.98 Å². The lowest BCUT2D eigenvalue weighted by atomic mass is 10.2. The van der Waals surface area contributed by atoms with Crippen molar-refractivity contribution in [2.24, 2.45) is 0 Å². The molecule has 82 valence electrons. The smallest absolute Gasteiger partial charge is 0.232 e. The molecule has 0 aliphatic carbocycles. The van der Waals surface area contributed by atoms with Crippen LogP contribution in [0.15, 0.2) is 42.7 Å². The number of hydrogen-bond acceptors (Lipinski definition) is 3. The van der Waals surface area contributed by atoms with Gasteiger partial charge in [0.15, 0.2) is 0 Å². The Hall–Kier alpha value is -1.61. The summed E-state index contributed by atoms with van der Waals surface area (Å²) in [6.07, 6.45) is 3.20. The van der Waals surface area contributed by atoms with E-state index in [1.165, 1.54) is 0 Å². The first-order valence-electron chi connectivity index (χ1n) is 4.92. The van der Waals surface area contributed by atoms with E-state index in [4.69, 9.17) is 16.3 Å². The molecule has 2 aromatic rings. The number of hydrogen-bond donors (Lipinski definition) is 0. The number of ether oxygens (including phenoxy) is 1. The molecule has 0 spiro atoms. The SMILES string of the molecule is ClCc1cnc(OCc2ccccc2)cn1. The fourth-order valence-corrected chi connectivity index (χ4v) is 1.36. The van der Waals surface area contributed by atoms with Crippen LogP contribution in [-0.4, -0.2) is 9.97 Å². The van der Waals surface area contributed by atoms with Crippen LogP contribution >= 0.6 is 11.6 Å². The third kappa shape index (κ3) is 2.94. The summed E-state index contributed by atoms with van der Waals surface area (Å²) in [5.41, 5.74) is 1.85. The minimum absolute atomic E-state index is 0.367. The second-order valence-corrected chi connectivity index (χ2v) is 3.52. The maximum atomic E-state index is 5.61. The average Bonchev–Trinajstić information content (AvgIpc) is 2.38. The fourth-order valence-electron chi connectivity index (χ4n) is 1.22. The molecule has 1 heterocycles. The molecule has 0 radical (unpaired) electrons. The highest BCUT2D eigenvalue weighted by Crippen LogP contribution is 2.08. The molecule has 0 fully saturated rings. The van der Waals surface area contributed by atoms with E-state index in [2.05, 4.69) is 9.97 Å².